The van der Waals surface area contributed by atoms with Crippen LogP contribution in [-0.4, -0.2) is 28.8 Å². The van der Waals surface area contributed by atoms with Crippen molar-refractivity contribution in [1.29, 1.82) is 0 Å². The van der Waals surface area contributed by atoms with Gasteiger partial charge in [-0.15, -0.1) is 23.2 Å². The summed E-state index contributed by atoms with van der Waals surface area (Å²) < 4.78 is 0. The van der Waals surface area contributed by atoms with E-state index in [0.29, 0.717) is 12.7 Å². The van der Waals surface area contributed by atoms with Crippen LogP contribution < -0.4 is 0 Å². The minimum absolute atomic E-state index is 0.0764. The second-order valence-corrected chi connectivity index (χ2v) is 3.59. The maximum absolute atomic E-state index is 10.4. The van der Waals surface area contributed by atoms with Crippen LogP contribution in [0.5, 0.6) is 0 Å². The molecule has 0 saturated heterocycles. The molecule has 0 amide bonds. The van der Waals surface area contributed by atoms with Gasteiger partial charge in [-0.1, -0.05) is 0 Å². The van der Waals surface area contributed by atoms with Gasteiger partial charge in [0.05, 0.1) is 6.10 Å². The minimum Gasteiger partial charge on any atom is -0.391 e. The van der Waals surface area contributed by atoms with Crippen molar-refractivity contribution in [3.63, 3.8) is 0 Å². The largest absolute Gasteiger partial charge is 0.391 e. The summed E-state index contributed by atoms with van der Waals surface area (Å²) in [6.07, 6.45) is 0.403. The summed E-state index contributed by atoms with van der Waals surface area (Å²) in [5.74, 6) is -0.354. The highest BCUT2D eigenvalue weighted by atomic mass is 35.5. The maximum atomic E-state index is 10.4. The Bertz CT molecular complexity index is 117. The number of hydrogen-bond donors (Lipinski definition) is 1. The van der Waals surface area contributed by atoms with Crippen molar-refractivity contribution >= 4 is 29.5 Å². The Morgan fingerprint density at radius 2 is 2.18 bits per heavy atom. The van der Waals surface area contributed by atoms with Crippen LogP contribution in [0.3, 0.4) is 0 Å². The van der Waals surface area contributed by atoms with E-state index in [9.17, 15) is 4.79 Å². The van der Waals surface area contributed by atoms with Gasteiger partial charge in [-0.05, 0) is 13.3 Å². The van der Waals surface area contributed by atoms with E-state index in [4.69, 9.17) is 28.3 Å². The molecule has 2 nitrogen and oxygen atoms in total. The van der Waals surface area contributed by atoms with Gasteiger partial charge in [0.1, 0.15) is 6.29 Å². The molecule has 3 unspecified atom stereocenters. The smallest absolute Gasteiger partial charge is 0.125 e. The van der Waals surface area contributed by atoms with E-state index in [2.05, 4.69) is 0 Å². The van der Waals surface area contributed by atoms with Crippen molar-refractivity contribution < 1.29 is 9.90 Å². The van der Waals surface area contributed by atoms with Gasteiger partial charge in [0.15, 0.2) is 0 Å². The highest BCUT2D eigenvalue weighted by Crippen LogP contribution is 2.13. The van der Waals surface area contributed by atoms with Gasteiger partial charge in [0, 0.05) is 17.2 Å². The first-order valence-corrected chi connectivity index (χ1v) is 4.42. The van der Waals surface area contributed by atoms with E-state index < -0.39 is 12.0 Å². The Hall–Kier alpha value is 0.210. The Kier molecular flexibility index (Phi) is 5.92. The van der Waals surface area contributed by atoms with Gasteiger partial charge < -0.3 is 9.90 Å². The fourth-order valence-electron chi connectivity index (χ4n) is 0.793. The SMILES string of the molecule is CC(Cl)CC(C=O)C(O)CCl. The highest BCUT2D eigenvalue weighted by Gasteiger charge is 2.18. The molecule has 0 aromatic carbocycles. The van der Waals surface area contributed by atoms with Crippen LogP contribution in [0.1, 0.15) is 13.3 Å². The molecule has 0 aromatic heterocycles. The van der Waals surface area contributed by atoms with Crippen molar-refractivity contribution in [3.8, 4) is 0 Å². The van der Waals surface area contributed by atoms with Crippen molar-refractivity contribution in [2.75, 3.05) is 5.88 Å². The molecule has 66 valence electrons. The van der Waals surface area contributed by atoms with E-state index in [0.717, 1.165) is 0 Å². The van der Waals surface area contributed by atoms with Crippen molar-refractivity contribution in [1.82, 2.24) is 0 Å². The first-order chi connectivity index (χ1) is 5.11. The number of halogens is 2. The van der Waals surface area contributed by atoms with Gasteiger partial charge in [0.2, 0.25) is 0 Å². The van der Waals surface area contributed by atoms with E-state index in [1.54, 1.807) is 6.92 Å². The standard InChI is InChI=1S/C7H12Cl2O2/c1-5(9)2-6(4-10)7(11)3-8/h4-7,11H,2-3H2,1H3. The van der Waals surface area contributed by atoms with E-state index in [1.807, 2.05) is 0 Å². The minimum atomic E-state index is -0.768. The van der Waals surface area contributed by atoms with E-state index in [-0.39, 0.29) is 11.3 Å². The molecule has 0 heterocycles. The topological polar surface area (TPSA) is 37.3 Å². The zero-order chi connectivity index (χ0) is 8.85. The molecule has 11 heavy (non-hydrogen) atoms. The third-order valence-electron chi connectivity index (χ3n) is 1.42. The van der Waals surface area contributed by atoms with Crippen molar-refractivity contribution in [2.45, 2.75) is 24.8 Å². The molecule has 1 N–H and O–H groups in total. The summed E-state index contributed by atoms with van der Waals surface area (Å²) >= 11 is 11.0. The van der Waals surface area contributed by atoms with E-state index in [1.165, 1.54) is 0 Å². The Morgan fingerprint density at radius 1 is 1.64 bits per heavy atom. The second-order valence-electron chi connectivity index (χ2n) is 2.54. The second kappa shape index (κ2) is 5.81. The van der Waals surface area contributed by atoms with Gasteiger partial charge in [-0.25, -0.2) is 0 Å². The van der Waals surface area contributed by atoms with Crippen molar-refractivity contribution in [3.05, 3.63) is 0 Å². The van der Waals surface area contributed by atoms with Crippen LogP contribution in [0.25, 0.3) is 0 Å². The van der Waals surface area contributed by atoms with Gasteiger partial charge in [0.25, 0.3) is 0 Å². The summed E-state index contributed by atoms with van der Waals surface area (Å²) in [5, 5.41) is 9.04. The molecule has 0 bridgehead atoms. The third-order valence-corrected chi connectivity index (χ3v) is 1.92. The molecular formula is C7H12Cl2O2. The normalized spacial score (nSPS) is 18.9. The lowest BCUT2D eigenvalue weighted by Gasteiger charge is -2.15. The number of hydrogen-bond acceptors (Lipinski definition) is 2. The van der Waals surface area contributed by atoms with Crippen molar-refractivity contribution in [2.24, 2.45) is 5.92 Å². The lowest BCUT2D eigenvalue weighted by molar-refractivity contribution is -0.114. The average molecular weight is 199 g/mol. The van der Waals surface area contributed by atoms with Crippen LogP contribution in [-0.2, 0) is 4.79 Å². The molecule has 0 spiro atoms. The molecule has 4 heteroatoms. The Morgan fingerprint density at radius 3 is 2.45 bits per heavy atom. The zero-order valence-electron chi connectivity index (χ0n) is 6.34. The molecule has 0 fully saturated rings. The predicted molar refractivity (Wildman–Crippen MR) is 46.2 cm³/mol. The van der Waals surface area contributed by atoms with Crippen LogP contribution in [0, 0.1) is 5.92 Å². The van der Waals surface area contributed by atoms with Gasteiger partial charge in [-0.2, -0.15) is 0 Å². The molecule has 0 saturated carbocycles. The molecule has 0 aliphatic carbocycles. The number of carbonyl (C=O) groups is 1. The molecular weight excluding hydrogens is 187 g/mol. The van der Waals surface area contributed by atoms with Gasteiger partial charge >= 0.3 is 0 Å². The monoisotopic (exact) mass is 198 g/mol. The Labute approximate surface area is 76.5 Å². The third kappa shape index (κ3) is 4.62. The summed E-state index contributed by atoms with van der Waals surface area (Å²) in [5.41, 5.74) is 0. The summed E-state index contributed by atoms with van der Waals surface area (Å²) in [6.45, 7) is 1.78. The molecule has 0 rings (SSSR count). The number of aldehydes is 1. The zero-order valence-corrected chi connectivity index (χ0v) is 7.85. The summed E-state index contributed by atoms with van der Waals surface area (Å²) in [6, 6.07) is 0. The number of rotatable bonds is 5. The van der Waals surface area contributed by atoms with Gasteiger partial charge in [-0.3, -0.25) is 0 Å². The fourth-order valence-corrected chi connectivity index (χ4v) is 1.23. The van der Waals surface area contributed by atoms with Crippen LogP contribution in [0.2, 0.25) is 0 Å². The lowest BCUT2D eigenvalue weighted by Crippen LogP contribution is -2.25. The quantitative estimate of drug-likeness (QED) is 0.537. The number of aliphatic hydroxyl groups excluding tert-OH is 1. The molecule has 0 radical (unpaired) electrons. The molecule has 0 aliphatic rings. The molecule has 0 aromatic rings. The number of alkyl halides is 2. The lowest BCUT2D eigenvalue weighted by atomic mass is 10.00. The van der Waals surface area contributed by atoms with Crippen LogP contribution >= 0.6 is 23.2 Å². The summed E-state index contributed by atoms with van der Waals surface area (Å²) in [4.78, 5) is 10.4. The predicted octanol–water partition coefficient (Wildman–Crippen LogP) is 1.42. The molecule has 3 atom stereocenters. The average Bonchev–Trinajstić information content (AvgIpc) is 1.98. The first kappa shape index (κ1) is 11.2. The van der Waals surface area contributed by atoms with E-state index >= 15 is 0 Å². The molecule has 0 aliphatic heterocycles. The van der Waals surface area contributed by atoms with Crippen LogP contribution in [0.4, 0.5) is 0 Å². The fraction of sp³-hybridized carbons (Fsp3) is 0.857. The number of aliphatic hydroxyl groups is 1. The maximum Gasteiger partial charge on any atom is 0.125 e. The number of carbonyl (C=O) groups excluding carboxylic acids is 1. The highest BCUT2D eigenvalue weighted by molar-refractivity contribution is 6.20. The first-order valence-electron chi connectivity index (χ1n) is 3.45. The Balaban J connectivity index is 3.84. The summed E-state index contributed by atoms with van der Waals surface area (Å²) in [7, 11) is 0. The van der Waals surface area contributed by atoms with Crippen LogP contribution in [0.15, 0.2) is 0 Å².